The largest absolute Gasteiger partial charge is 0.367 e. The van der Waals surface area contributed by atoms with Crippen LogP contribution in [0.5, 0.6) is 0 Å². The molecule has 2 aliphatic heterocycles. The molecule has 0 aromatic carbocycles. The zero-order valence-electron chi connectivity index (χ0n) is 5.64. The van der Waals surface area contributed by atoms with Crippen molar-refractivity contribution in [1.82, 2.24) is 0 Å². The quantitative estimate of drug-likeness (QED) is 0.382. The van der Waals surface area contributed by atoms with Crippen LogP contribution in [0.15, 0.2) is 12.2 Å². The van der Waals surface area contributed by atoms with Gasteiger partial charge in [0.25, 0.3) is 0 Å². The minimum atomic E-state index is -2.54. The van der Waals surface area contributed by atoms with Crippen LogP contribution in [0.2, 0.25) is 5.54 Å². The van der Waals surface area contributed by atoms with Crippen LogP contribution in [-0.2, 0) is 4.74 Å². The number of hydrogen-bond donors (Lipinski definition) is 0. The van der Waals surface area contributed by atoms with Crippen LogP contribution in [0, 0.1) is 0 Å². The number of halogens is 3. The van der Waals surface area contributed by atoms with E-state index in [-0.39, 0.29) is 17.7 Å². The average molecular weight is 230 g/mol. The molecule has 0 aromatic heterocycles. The highest BCUT2D eigenvalue weighted by molar-refractivity contribution is 7.65. The molecule has 0 N–H and O–H groups in total. The second-order valence-corrected chi connectivity index (χ2v) is 11.8. The predicted octanol–water partition coefficient (Wildman–Crippen LogP) is 2.74. The lowest BCUT2D eigenvalue weighted by Crippen LogP contribution is -2.26. The SMILES string of the molecule is Cl[Si](Cl)(Cl)C1CC2C=CC1O2. The van der Waals surface area contributed by atoms with E-state index >= 15 is 0 Å². The van der Waals surface area contributed by atoms with Gasteiger partial charge in [0.2, 0.25) is 0 Å². The molecule has 0 spiro atoms. The number of rotatable bonds is 1. The van der Waals surface area contributed by atoms with Crippen molar-refractivity contribution in [2.75, 3.05) is 0 Å². The minimum absolute atomic E-state index is 0.0826. The highest BCUT2D eigenvalue weighted by atomic mass is 35.8. The summed E-state index contributed by atoms with van der Waals surface area (Å²) in [6.07, 6.45) is 5.25. The van der Waals surface area contributed by atoms with Crippen molar-refractivity contribution in [3.8, 4) is 0 Å². The first-order valence-corrected chi connectivity index (χ1v) is 8.59. The van der Waals surface area contributed by atoms with E-state index in [1.165, 1.54) is 0 Å². The van der Waals surface area contributed by atoms with E-state index in [0.29, 0.717) is 0 Å². The maximum absolute atomic E-state index is 5.89. The fourth-order valence-electron chi connectivity index (χ4n) is 1.59. The number of hydrogen-bond acceptors (Lipinski definition) is 1. The molecule has 3 unspecified atom stereocenters. The smallest absolute Gasteiger partial charge is 0.347 e. The molecule has 2 aliphatic rings. The Morgan fingerprint density at radius 3 is 2.27 bits per heavy atom. The third kappa shape index (κ3) is 1.47. The second kappa shape index (κ2) is 2.64. The summed E-state index contributed by atoms with van der Waals surface area (Å²) in [6.45, 7) is 0. The van der Waals surface area contributed by atoms with Crippen molar-refractivity contribution in [3.63, 3.8) is 0 Å². The molecule has 3 atom stereocenters. The van der Waals surface area contributed by atoms with Gasteiger partial charge in [-0.05, 0) is 6.42 Å². The topological polar surface area (TPSA) is 9.23 Å². The van der Waals surface area contributed by atoms with Crippen LogP contribution in [0.3, 0.4) is 0 Å². The highest BCUT2D eigenvalue weighted by Crippen LogP contribution is 2.48. The molecule has 2 heterocycles. The van der Waals surface area contributed by atoms with E-state index < -0.39 is 6.00 Å². The monoisotopic (exact) mass is 228 g/mol. The molecule has 0 aromatic rings. The first kappa shape index (κ1) is 8.39. The lowest BCUT2D eigenvalue weighted by molar-refractivity contribution is 0.120. The fourth-order valence-corrected chi connectivity index (χ4v) is 4.57. The Morgan fingerprint density at radius 1 is 1.27 bits per heavy atom. The molecule has 1 nitrogen and oxygen atoms in total. The van der Waals surface area contributed by atoms with Gasteiger partial charge in [-0.2, -0.15) is 0 Å². The van der Waals surface area contributed by atoms with Crippen molar-refractivity contribution < 1.29 is 4.74 Å². The van der Waals surface area contributed by atoms with Crippen molar-refractivity contribution in [2.45, 2.75) is 24.2 Å². The van der Waals surface area contributed by atoms with Crippen molar-refractivity contribution in [2.24, 2.45) is 0 Å². The third-order valence-corrected chi connectivity index (χ3v) is 6.08. The van der Waals surface area contributed by atoms with Gasteiger partial charge < -0.3 is 4.74 Å². The Labute approximate surface area is 80.4 Å². The minimum Gasteiger partial charge on any atom is -0.367 e. The van der Waals surface area contributed by atoms with Crippen LogP contribution < -0.4 is 0 Å². The number of ether oxygens (including phenoxy) is 1. The summed E-state index contributed by atoms with van der Waals surface area (Å²) in [5, 5.41) is 0. The third-order valence-electron chi connectivity index (χ3n) is 2.15. The molecular weight excluding hydrogens is 223 g/mol. The van der Waals surface area contributed by atoms with Gasteiger partial charge in [-0.3, -0.25) is 0 Å². The maximum atomic E-state index is 5.89. The van der Waals surface area contributed by atoms with Gasteiger partial charge in [-0.15, -0.1) is 33.2 Å². The van der Waals surface area contributed by atoms with Gasteiger partial charge in [0.1, 0.15) is 0 Å². The number of fused-ring (bicyclic) bond motifs is 2. The van der Waals surface area contributed by atoms with Gasteiger partial charge in [0.05, 0.1) is 12.2 Å². The van der Waals surface area contributed by atoms with E-state index in [1.807, 2.05) is 12.2 Å². The zero-order valence-corrected chi connectivity index (χ0v) is 8.90. The molecule has 0 radical (unpaired) electrons. The lowest BCUT2D eigenvalue weighted by Gasteiger charge is -2.20. The summed E-state index contributed by atoms with van der Waals surface area (Å²) in [7, 11) is 0. The highest BCUT2D eigenvalue weighted by Gasteiger charge is 2.49. The normalized spacial score (nSPS) is 41.9. The van der Waals surface area contributed by atoms with Gasteiger partial charge in [0, 0.05) is 5.54 Å². The second-order valence-electron chi connectivity index (χ2n) is 2.91. The maximum Gasteiger partial charge on any atom is 0.347 e. The molecule has 0 amide bonds. The van der Waals surface area contributed by atoms with Gasteiger partial charge in [-0.1, -0.05) is 12.2 Å². The summed E-state index contributed by atoms with van der Waals surface area (Å²) in [4.78, 5) is 0. The van der Waals surface area contributed by atoms with Crippen LogP contribution in [0.4, 0.5) is 0 Å². The first-order chi connectivity index (χ1) is 5.07. The van der Waals surface area contributed by atoms with Gasteiger partial charge in [0.15, 0.2) is 0 Å². The Bertz CT molecular complexity index is 200. The lowest BCUT2D eigenvalue weighted by atomic mass is 10.1. The Hall–Kier alpha value is 0.787. The van der Waals surface area contributed by atoms with Crippen molar-refractivity contribution in [3.05, 3.63) is 12.2 Å². The molecule has 1 saturated heterocycles. The van der Waals surface area contributed by atoms with E-state index in [2.05, 4.69) is 0 Å². The summed E-state index contributed by atoms with van der Waals surface area (Å²) in [5.74, 6) is 0. The predicted molar refractivity (Wildman–Crippen MR) is 49.5 cm³/mol. The average Bonchev–Trinajstić information content (AvgIpc) is 2.42. The van der Waals surface area contributed by atoms with E-state index in [9.17, 15) is 0 Å². The van der Waals surface area contributed by atoms with E-state index in [4.69, 9.17) is 38.0 Å². The summed E-state index contributed by atoms with van der Waals surface area (Å²) in [6, 6.07) is -2.54. The van der Waals surface area contributed by atoms with Crippen LogP contribution in [0.1, 0.15) is 6.42 Å². The fraction of sp³-hybridized carbons (Fsp3) is 0.667. The molecule has 2 rings (SSSR count). The van der Waals surface area contributed by atoms with Crippen LogP contribution in [-0.4, -0.2) is 18.2 Å². The molecule has 1 fully saturated rings. The van der Waals surface area contributed by atoms with E-state index in [1.54, 1.807) is 0 Å². The van der Waals surface area contributed by atoms with Gasteiger partial charge >= 0.3 is 6.00 Å². The molecule has 62 valence electrons. The Kier molecular flexibility index (Phi) is 2.01. The molecule has 2 bridgehead atoms. The summed E-state index contributed by atoms with van der Waals surface area (Å²) in [5.41, 5.74) is 0.169. The summed E-state index contributed by atoms with van der Waals surface area (Å²) >= 11 is 17.7. The molecule has 0 aliphatic carbocycles. The Morgan fingerprint density at radius 2 is 2.00 bits per heavy atom. The van der Waals surface area contributed by atoms with Crippen molar-refractivity contribution >= 4 is 39.2 Å². The molecule has 5 heteroatoms. The molecular formula is C6H7Cl3OSi. The summed E-state index contributed by atoms with van der Waals surface area (Å²) < 4.78 is 5.48. The first-order valence-electron chi connectivity index (χ1n) is 3.48. The Balaban J connectivity index is 2.15. The van der Waals surface area contributed by atoms with E-state index in [0.717, 1.165) is 6.42 Å². The zero-order chi connectivity index (χ0) is 8.06. The molecule has 0 saturated carbocycles. The molecule has 11 heavy (non-hydrogen) atoms. The standard InChI is InChI=1S/C6H7Cl3OSi/c7-11(8,9)6-3-4-1-2-5(6)10-4/h1-2,4-6H,3H2. The van der Waals surface area contributed by atoms with Gasteiger partial charge in [-0.25, -0.2) is 0 Å². The van der Waals surface area contributed by atoms with Crippen LogP contribution >= 0.6 is 33.2 Å². The van der Waals surface area contributed by atoms with Crippen molar-refractivity contribution in [1.29, 1.82) is 0 Å². The van der Waals surface area contributed by atoms with Crippen LogP contribution in [0.25, 0.3) is 0 Å².